The van der Waals surface area contributed by atoms with E-state index in [4.69, 9.17) is 20.3 Å². The van der Waals surface area contributed by atoms with Crippen molar-refractivity contribution in [2.75, 3.05) is 12.5 Å². The molecular weight excluding hydrogens is 322 g/mol. The number of ether oxygens (including phenoxy) is 2. The number of imidazole rings is 1. The van der Waals surface area contributed by atoms with Crippen molar-refractivity contribution < 1.29 is 19.4 Å². The molecule has 0 saturated carbocycles. The number of hydrogen-bond donors (Lipinski definition) is 2. The molecule has 0 atom stereocenters. The average Bonchev–Trinajstić information content (AvgIpc) is 3.17. The van der Waals surface area contributed by atoms with Crippen LogP contribution in [-0.2, 0) is 17.8 Å². The normalized spacial score (nSPS) is 12.6. The van der Waals surface area contributed by atoms with Crippen LogP contribution in [0.2, 0.25) is 0 Å². The van der Waals surface area contributed by atoms with Crippen LogP contribution in [0.1, 0.15) is 17.5 Å². The van der Waals surface area contributed by atoms with Gasteiger partial charge in [0.15, 0.2) is 11.5 Å². The Kier molecular flexibility index (Phi) is 3.68. The Morgan fingerprint density at radius 1 is 1.16 bits per heavy atom. The first kappa shape index (κ1) is 15.3. The second kappa shape index (κ2) is 6.01. The topological polar surface area (TPSA) is 99.6 Å². The molecule has 1 aliphatic rings. The number of carbonyl (C=O) groups is 1. The van der Waals surface area contributed by atoms with E-state index in [-0.39, 0.29) is 13.2 Å². The lowest BCUT2D eigenvalue weighted by Gasteiger charge is -2.08. The van der Waals surface area contributed by atoms with Gasteiger partial charge in [0, 0.05) is 6.42 Å². The van der Waals surface area contributed by atoms with E-state index < -0.39 is 5.97 Å². The fourth-order valence-corrected chi connectivity index (χ4v) is 2.99. The molecule has 7 nitrogen and oxygen atoms in total. The third kappa shape index (κ3) is 2.96. The Morgan fingerprint density at radius 3 is 2.80 bits per heavy atom. The Balaban J connectivity index is 1.63. The lowest BCUT2D eigenvalue weighted by atomic mass is 10.1. The summed E-state index contributed by atoms with van der Waals surface area (Å²) in [6.45, 7) is 0.807. The molecule has 1 aromatic heterocycles. The number of nitrogens with two attached hydrogens (primary N) is 1. The van der Waals surface area contributed by atoms with Gasteiger partial charge in [0.1, 0.15) is 0 Å². The van der Waals surface area contributed by atoms with Crippen molar-refractivity contribution in [3.05, 3.63) is 47.5 Å². The fourth-order valence-electron chi connectivity index (χ4n) is 2.99. The van der Waals surface area contributed by atoms with Gasteiger partial charge in [-0.05, 0) is 41.8 Å². The van der Waals surface area contributed by atoms with Gasteiger partial charge in [-0.25, -0.2) is 4.98 Å². The number of fused-ring (bicyclic) bond motifs is 2. The molecule has 3 N–H and O–H groups in total. The second-order valence-corrected chi connectivity index (χ2v) is 5.96. The van der Waals surface area contributed by atoms with Crippen LogP contribution in [0.15, 0.2) is 36.4 Å². The second-order valence-electron chi connectivity index (χ2n) is 5.96. The number of hydrogen-bond acceptors (Lipinski definition) is 5. The van der Waals surface area contributed by atoms with Crippen LogP contribution in [0.5, 0.6) is 11.5 Å². The summed E-state index contributed by atoms with van der Waals surface area (Å²) in [7, 11) is 0. The minimum atomic E-state index is -0.812. The van der Waals surface area contributed by atoms with Gasteiger partial charge in [0.25, 0.3) is 0 Å². The molecule has 2 aromatic carbocycles. The number of aryl methyl sites for hydroxylation is 1. The Hall–Kier alpha value is -3.22. The molecule has 25 heavy (non-hydrogen) atoms. The number of nitrogen functional groups attached to an aromatic ring is 1. The zero-order valence-electron chi connectivity index (χ0n) is 13.4. The van der Waals surface area contributed by atoms with Crippen LogP contribution in [0.3, 0.4) is 0 Å². The molecule has 7 heteroatoms. The number of nitrogens with zero attached hydrogens (tertiary/aromatic N) is 2. The van der Waals surface area contributed by atoms with E-state index in [1.807, 2.05) is 41.0 Å². The van der Waals surface area contributed by atoms with Crippen LogP contribution in [-0.4, -0.2) is 27.4 Å². The molecule has 0 aliphatic carbocycles. The molecule has 0 bridgehead atoms. The molecule has 0 fully saturated rings. The van der Waals surface area contributed by atoms with Gasteiger partial charge in [0.2, 0.25) is 12.7 Å². The van der Waals surface area contributed by atoms with Crippen molar-refractivity contribution in [1.82, 2.24) is 9.55 Å². The van der Waals surface area contributed by atoms with E-state index in [1.165, 1.54) is 0 Å². The van der Waals surface area contributed by atoms with Gasteiger partial charge >= 0.3 is 5.97 Å². The van der Waals surface area contributed by atoms with Gasteiger partial charge in [-0.3, -0.25) is 4.79 Å². The number of anilines is 1. The molecule has 128 valence electrons. The molecule has 0 unspecified atom stereocenters. The lowest BCUT2D eigenvalue weighted by Crippen LogP contribution is -2.04. The van der Waals surface area contributed by atoms with E-state index in [1.54, 1.807) is 0 Å². The van der Waals surface area contributed by atoms with Gasteiger partial charge in [-0.2, -0.15) is 0 Å². The van der Waals surface area contributed by atoms with Crippen LogP contribution < -0.4 is 15.2 Å². The van der Waals surface area contributed by atoms with Crippen molar-refractivity contribution in [3.63, 3.8) is 0 Å². The molecule has 0 spiro atoms. The lowest BCUT2D eigenvalue weighted by molar-refractivity contribution is -0.136. The van der Waals surface area contributed by atoms with Crippen molar-refractivity contribution in [2.24, 2.45) is 0 Å². The van der Waals surface area contributed by atoms with Gasteiger partial charge in [-0.15, -0.1) is 0 Å². The number of aromatic nitrogens is 2. The monoisotopic (exact) mass is 339 g/mol. The summed E-state index contributed by atoms with van der Waals surface area (Å²) in [4.78, 5) is 15.1. The third-order valence-corrected chi connectivity index (χ3v) is 4.25. The minimum Gasteiger partial charge on any atom is -0.481 e. The predicted molar refractivity (Wildman–Crippen MR) is 91.8 cm³/mol. The molecule has 3 aromatic rings. The highest BCUT2D eigenvalue weighted by Gasteiger charge is 2.15. The Labute approximate surface area is 143 Å². The average molecular weight is 339 g/mol. The summed E-state index contributed by atoms with van der Waals surface area (Å²) in [5.41, 5.74) is 9.73. The summed E-state index contributed by atoms with van der Waals surface area (Å²) >= 11 is 0. The quantitative estimate of drug-likeness (QED) is 0.740. The van der Waals surface area contributed by atoms with Gasteiger partial charge < -0.3 is 24.9 Å². The maximum Gasteiger partial charge on any atom is 0.303 e. The third-order valence-electron chi connectivity index (χ3n) is 4.25. The van der Waals surface area contributed by atoms with E-state index in [9.17, 15) is 4.79 Å². The first-order valence-corrected chi connectivity index (χ1v) is 7.95. The van der Waals surface area contributed by atoms with E-state index in [0.717, 1.165) is 33.7 Å². The van der Waals surface area contributed by atoms with E-state index in [2.05, 4.69) is 4.98 Å². The first-order chi connectivity index (χ1) is 12.1. The van der Waals surface area contributed by atoms with Crippen LogP contribution in [0.4, 0.5) is 5.95 Å². The summed E-state index contributed by atoms with van der Waals surface area (Å²) in [5, 5.41) is 8.81. The van der Waals surface area contributed by atoms with E-state index in [0.29, 0.717) is 18.9 Å². The highest BCUT2D eigenvalue weighted by Crippen LogP contribution is 2.33. The number of carboxylic acid groups (broad SMARTS) is 1. The molecule has 0 saturated heterocycles. The SMILES string of the molecule is Nc1nc2cc(CCC(=O)O)ccc2n1Cc1ccc2c(c1)OCO2. The largest absolute Gasteiger partial charge is 0.481 e. The number of aliphatic carboxylic acids is 1. The van der Waals surface area contributed by atoms with Crippen LogP contribution in [0.25, 0.3) is 11.0 Å². The summed E-state index contributed by atoms with van der Waals surface area (Å²) in [5.74, 6) is 1.09. The molecule has 4 rings (SSSR count). The van der Waals surface area contributed by atoms with Gasteiger partial charge in [0.05, 0.1) is 17.6 Å². The molecule has 1 aliphatic heterocycles. The smallest absolute Gasteiger partial charge is 0.303 e. The predicted octanol–water partition coefficient (Wildman–Crippen LogP) is 2.41. The molecule has 0 amide bonds. The molecular formula is C18H17N3O4. The highest BCUT2D eigenvalue weighted by atomic mass is 16.7. The maximum atomic E-state index is 10.7. The Morgan fingerprint density at radius 2 is 1.96 bits per heavy atom. The van der Waals surface area contributed by atoms with Crippen molar-refractivity contribution in [3.8, 4) is 11.5 Å². The summed E-state index contributed by atoms with van der Waals surface area (Å²) in [6, 6.07) is 11.5. The standard InChI is InChI=1S/C18H17N3O4/c19-18-20-13-7-11(3-6-17(22)23)1-4-14(13)21(18)9-12-2-5-15-16(8-12)25-10-24-15/h1-2,4-5,7-8H,3,6,9-10H2,(H2,19,20)(H,22,23). The van der Waals surface area contributed by atoms with Crippen molar-refractivity contribution >= 4 is 23.0 Å². The summed E-state index contributed by atoms with van der Waals surface area (Å²) in [6.07, 6.45) is 0.569. The van der Waals surface area contributed by atoms with Gasteiger partial charge in [-0.1, -0.05) is 12.1 Å². The maximum absolute atomic E-state index is 10.7. The van der Waals surface area contributed by atoms with Crippen LogP contribution in [0, 0.1) is 0 Å². The Bertz CT molecular complexity index is 964. The number of rotatable bonds is 5. The van der Waals surface area contributed by atoms with E-state index >= 15 is 0 Å². The number of carboxylic acids is 1. The number of benzene rings is 2. The zero-order chi connectivity index (χ0) is 17.4. The van der Waals surface area contributed by atoms with Crippen molar-refractivity contribution in [2.45, 2.75) is 19.4 Å². The molecule has 0 radical (unpaired) electrons. The zero-order valence-corrected chi connectivity index (χ0v) is 13.4. The highest BCUT2D eigenvalue weighted by molar-refractivity contribution is 5.79. The minimum absolute atomic E-state index is 0.0961. The van der Waals surface area contributed by atoms with Crippen LogP contribution >= 0.6 is 0 Å². The van der Waals surface area contributed by atoms with Crippen molar-refractivity contribution in [1.29, 1.82) is 0 Å². The fraction of sp³-hybridized carbons (Fsp3) is 0.222. The first-order valence-electron chi connectivity index (χ1n) is 7.95. The molecule has 2 heterocycles. The summed E-state index contributed by atoms with van der Waals surface area (Å²) < 4.78 is 12.7.